The average Bonchev–Trinajstić information content (AvgIpc) is 2.96. The first kappa shape index (κ1) is 19.2. The van der Waals surface area contributed by atoms with Crippen LogP contribution in [0, 0.1) is 24.0 Å². The fraction of sp³-hybridized carbons (Fsp3) is 0.176. The molecular formula is C17H14N4O6S. The topological polar surface area (TPSA) is 144 Å². The van der Waals surface area contributed by atoms with Crippen LogP contribution in [0.1, 0.15) is 21.1 Å². The summed E-state index contributed by atoms with van der Waals surface area (Å²) >= 11 is 1.01. The van der Waals surface area contributed by atoms with Crippen LogP contribution in [0.3, 0.4) is 0 Å². The maximum absolute atomic E-state index is 12.3. The summed E-state index contributed by atoms with van der Waals surface area (Å²) in [5.41, 5.74) is 0.111. The van der Waals surface area contributed by atoms with Gasteiger partial charge in [-0.15, -0.1) is 11.3 Å². The lowest BCUT2D eigenvalue weighted by molar-refractivity contribution is -0.384. The van der Waals surface area contributed by atoms with E-state index in [1.807, 2.05) is 0 Å². The molecule has 2 aromatic heterocycles. The molecule has 3 aromatic rings. The van der Waals surface area contributed by atoms with Crippen LogP contribution >= 0.6 is 11.3 Å². The Hall–Kier alpha value is -3.60. The van der Waals surface area contributed by atoms with Gasteiger partial charge < -0.3 is 15.0 Å². The molecule has 0 spiro atoms. The highest BCUT2D eigenvalue weighted by Gasteiger charge is 2.21. The smallest absolute Gasteiger partial charge is 0.349 e. The molecule has 0 bridgehead atoms. The van der Waals surface area contributed by atoms with Crippen molar-refractivity contribution in [1.29, 1.82) is 0 Å². The minimum Gasteiger partial charge on any atom is -0.451 e. The summed E-state index contributed by atoms with van der Waals surface area (Å²) in [5, 5.41) is 13.5. The van der Waals surface area contributed by atoms with E-state index < -0.39 is 23.4 Å². The molecule has 144 valence electrons. The zero-order valence-corrected chi connectivity index (χ0v) is 15.6. The van der Waals surface area contributed by atoms with Crippen molar-refractivity contribution in [3.8, 4) is 0 Å². The van der Waals surface area contributed by atoms with Gasteiger partial charge in [0.15, 0.2) is 6.61 Å². The zero-order valence-electron chi connectivity index (χ0n) is 14.8. The van der Waals surface area contributed by atoms with E-state index in [9.17, 15) is 24.5 Å². The fourth-order valence-electron chi connectivity index (χ4n) is 2.54. The van der Waals surface area contributed by atoms with Crippen molar-refractivity contribution in [3.05, 3.63) is 61.0 Å². The number of ether oxygens (including phenoxy) is 1. The van der Waals surface area contributed by atoms with E-state index in [0.717, 1.165) is 11.3 Å². The van der Waals surface area contributed by atoms with Crippen molar-refractivity contribution in [2.75, 3.05) is 11.9 Å². The highest BCUT2D eigenvalue weighted by molar-refractivity contribution is 7.20. The van der Waals surface area contributed by atoms with E-state index in [0.29, 0.717) is 21.6 Å². The highest BCUT2D eigenvalue weighted by Crippen LogP contribution is 2.27. The van der Waals surface area contributed by atoms with E-state index in [-0.39, 0.29) is 21.8 Å². The number of H-pyrrole nitrogens is 1. The Morgan fingerprint density at radius 3 is 2.82 bits per heavy atom. The standard InChI is InChI=1S/C17H14N4O6S/c1-8-13-15(23)18-9(2)19-16(13)28-14(8)17(24)27-7-12(22)20-10-4-3-5-11(6-10)21(25)26/h3-6H,7H2,1-2H3,(H,20,22)(H,18,19,23). The number of nitro benzene ring substituents is 1. The lowest BCUT2D eigenvalue weighted by Crippen LogP contribution is -2.21. The summed E-state index contributed by atoms with van der Waals surface area (Å²) < 4.78 is 5.01. The molecule has 0 aliphatic carbocycles. The SMILES string of the molecule is Cc1nc2sc(C(=O)OCC(=O)Nc3cccc([N+](=O)[O-])c3)c(C)c2c(=O)[nH]1. The lowest BCUT2D eigenvalue weighted by Gasteiger charge is -2.06. The molecular weight excluding hydrogens is 388 g/mol. The normalized spacial score (nSPS) is 10.6. The number of amides is 1. The molecule has 0 radical (unpaired) electrons. The van der Waals surface area contributed by atoms with Gasteiger partial charge in [0.05, 0.1) is 10.3 Å². The maximum atomic E-state index is 12.3. The number of fused-ring (bicyclic) bond motifs is 1. The number of non-ortho nitro benzene ring substituents is 1. The van der Waals surface area contributed by atoms with Crippen LogP contribution in [-0.2, 0) is 9.53 Å². The third kappa shape index (κ3) is 3.88. The first-order chi connectivity index (χ1) is 13.3. The molecule has 0 saturated carbocycles. The minimum absolute atomic E-state index is 0.177. The van der Waals surface area contributed by atoms with Gasteiger partial charge in [-0.1, -0.05) is 6.07 Å². The van der Waals surface area contributed by atoms with E-state index in [4.69, 9.17) is 4.74 Å². The molecule has 28 heavy (non-hydrogen) atoms. The number of thiophene rings is 1. The number of nitrogens with zero attached hydrogens (tertiary/aromatic N) is 2. The Morgan fingerprint density at radius 2 is 2.11 bits per heavy atom. The van der Waals surface area contributed by atoms with Crippen molar-refractivity contribution in [2.45, 2.75) is 13.8 Å². The first-order valence-corrected chi connectivity index (χ1v) is 8.79. The fourth-order valence-corrected chi connectivity index (χ4v) is 3.66. The molecule has 0 unspecified atom stereocenters. The maximum Gasteiger partial charge on any atom is 0.349 e. The summed E-state index contributed by atoms with van der Waals surface area (Å²) in [6.07, 6.45) is 0. The average molecular weight is 402 g/mol. The Bertz CT molecular complexity index is 1170. The number of carbonyl (C=O) groups excluding carboxylic acids is 2. The monoisotopic (exact) mass is 402 g/mol. The summed E-state index contributed by atoms with van der Waals surface area (Å²) in [4.78, 5) is 53.9. The van der Waals surface area contributed by atoms with E-state index >= 15 is 0 Å². The predicted octanol–water partition coefficient (Wildman–Crippen LogP) is 2.31. The van der Waals surface area contributed by atoms with Crippen molar-refractivity contribution < 1.29 is 19.2 Å². The number of aromatic amines is 1. The molecule has 0 fully saturated rings. The number of nitro groups is 1. The second-order valence-corrected chi connectivity index (χ2v) is 6.82. The molecule has 0 aliphatic rings. The molecule has 1 amide bonds. The summed E-state index contributed by atoms with van der Waals surface area (Å²) in [6.45, 7) is 2.65. The molecule has 2 heterocycles. The Morgan fingerprint density at radius 1 is 1.36 bits per heavy atom. The van der Waals surface area contributed by atoms with Gasteiger partial charge in [0.25, 0.3) is 17.2 Å². The number of carbonyl (C=O) groups is 2. The van der Waals surface area contributed by atoms with E-state index in [2.05, 4.69) is 15.3 Å². The molecule has 2 N–H and O–H groups in total. The van der Waals surface area contributed by atoms with Crippen LogP contribution in [0.4, 0.5) is 11.4 Å². The molecule has 10 nitrogen and oxygen atoms in total. The number of esters is 1. The van der Waals surface area contributed by atoms with Crippen molar-refractivity contribution >= 4 is 44.8 Å². The summed E-state index contributed by atoms with van der Waals surface area (Å²) in [5.74, 6) is -0.985. The van der Waals surface area contributed by atoms with Crippen molar-refractivity contribution in [3.63, 3.8) is 0 Å². The van der Waals surface area contributed by atoms with Gasteiger partial charge >= 0.3 is 5.97 Å². The van der Waals surface area contributed by atoms with Gasteiger partial charge in [-0.05, 0) is 25.5 Å². The van der Waals surface area contributed by atoms with Gasteiger partial charge in [-0.2, -0.15) is 0 Å². The number of benzene rings is 1. The highest BCUT2D eigenvalue weighted by atomic mass is 32.1. The number of hydrogen-bond acceptors (Lipinski definition) is 8. The molecule has 1 aromatic carbocycles. The molecule has 0 saturated heterocycles. The van der Waals surface area contributed by atoms with Crippen LogP contribution < -0.4 is 10.9 Å². The molecule has 0 atom stereocenters. The molecule has 0 aliphatic heterocycles. The quantitative estimate of drug-likeness (QED) is 0.378. The number of hydrogen-bond donors (Lipinski definition) is 2. The lowest BCUT2D eigenvalue weighted by atomic mass is 10.2. The zero-order chi connectivity index (χ0) is 20.4. The van der Waals surface area contributed by atoms with Crippen LogP contribution in [0.5, 0.6) is 0 Å². The minimum atomic E-state index is -0.758. The van der Waals surface area contributed by atoms with Gasteiger partial charge in [0.2, 0.25) is 0 Å². The second-order valence-electron chi connectivity index (χ2n) is 5.82. The Balaban J connectivity index is 1.70. The number of aryl methyl sites for hydroxylation is 2. The number of anilines is 1. The third-order valence-corrected chi connectivity index (χ3v) is 4.95. The summed E-state index contributed by atoms with van der Waals surface area (Å²) in [7, 11) is 0. The van der Waals surface area contributed by atoms with Crippen LogP contribution in [0.25, 0.3) is 10.2 Å². The first-order valence-electron chi connectivity index (χ1n) is 7.97. The Labute approximate surface area is 161 Å². The number of nitrogens with one attached hydrogen (secondary N) is 2. The summed E-state index contributed by atoms with van der Waals surface area (Å²) in [6, 6.07) is 5.38. The van der Waals surface area contributed by atoms with Crippen molar-refractivity contribution in [2.24, 2.45) is 0 Å². The van der Waals surface area contributed by atoms with E-state index in [1.54, 1.807) is 13.8 Å². The van der Waals surface area contributed by atoms with Gasteiger partial charge in [-0.25, -0.2) is 9.78 Å². The molecule has 11 heteroatoms. The number of aromatic nitrogens is 2. The van der Waals surface area contributed by atoms with E-state index in [1.165, 1.54) is 24.3 Å². The Kier molecular flexibility index (Phi) is 5.18. The number of rotatable bonds is 5. The van der Waals surface area contributed by atoms with Crippen LogP contribution in [-0.4, -0.2) is 33.4 Å². The van der Waals surface area contributed by atoms with Gasteiger partial charge in [0, 0.05) is 17.8 Å². The third-order valence-electron chi connectivity index (χ3n) is 3.78. The second kappa shape index (κ2) is 7.56. The van der Waals surface area contributed by atoms with Gasteiger partial charge in [-0.3, -0.25) is 19.7 Å². The van der Waals surface area contributed by atoms with Crippen LogP contribution in [0.2, 0.25) is 0 Å². The van der Waals surface area contributed by atoms with Crippen molar-refractivity contribution in [1.82, 2.24) is 9.97 Å². The molecule has 3 rings (SSSR count). The van der Waals surface area contributed by atoms with Gasteiger partial charge in [0.1, 0.15) is 15.5 Å². The van der Waals surface area contributed by atoms with Crippen LogP contribution in [0.15, 0.2) is 29.1 Å². The largest absolute Gasteiger partial charge is 0.451 e. The predicted molar refractivity (Wildman–Crippen MR) is 102 cm³/mol.